The van der Waals surface area contributed by atoms with Gasteiger partial charge in [0.15, 0.2) is 5.92 Å². The average Bonchev–Trinajstić information content (AvgIpc) is 2.85. The van der Waals surface area contributed by atoms with Crippen LogP contribution >= 0.6 is 0 Å². The second kappa shape index (κ2) is 12.9. The topological polar surface area (TPSA) is 108 Å². The highest BCUT2D eigenvalue weighted by Crippen LogP contribution is 2.31. The van der Waals surface area contributed by atoms with Crippen LogP contribution in [0.3, 0.4) is 0 Å². The number of hydrogen-bond acceptors (Lipinski definition) is 8. The molecule has 3 rings (SSSR count). The molecule has 0 spiro atoms. The van der Waals surface area contributed by atoms with Crippen molar-refractivity contribution >= 4 is 17.6 Å². The van der Waals surface area contributed by atoms with Crippen LogP contribution in [-0.4, -0.2) is 99.6 Å². The molecule has 0 radical (unpaired) electrons. The van der Waals surface area contributed by atoms with Crippen LogP contribution < -0.4 is 21.1 Å². The second-order valence-corrected chi connectivity index (χ2v) is 8.91. The van der Waals surface area contributed by atoms with Crippen LogP contribution in [0.2, 0.25) is 0 Å². The highest BCUT2D eigenvalue weighted by molar-refractivity contribution is 5.80. The van der Waals surface area contributed by atoms with E-state index in [1.807, 2.05) is 5.43 Å². The van der Waals surface area contributed by atoms with Gasteiger partial charge < -0.3 is 24.6 Å². The van der Waals surface area contributed by atoms with Gasteiger partial charge in [0.2, 0.25) is 11.8 Å². The number of carbonyl (C=O) groups excluding carboxylic acids is 2. The Morgan fingerprint density at radius 3 is 2.45 bits per heavy atom. The molecule has 2 amide bonds. The summed E-state index contributed by atoms with van der Waals surface area (Å²) in [6.45, 7) is 1.35. The number of amides is 2. The van der Waals surface area contributed by atoms with Gasteiger partial charge in [0.05, 0.1) is 37.8 Å². The Balaban J connectivity index is 1.41. The molecule has 0 aliphatic carbocycles. The predicted molar refractivity (Wildman–Crippen MR) is 122 cm³/mol. The molecule has 3 N–H and O–H groups in total. The van der Waals surface area contributed by atoms with E-state index in [4.69, 9.17) is 9.47 Å². The average molecular weight is 557 g/mol. The molecule has 16 heteroatoms. The maximum absolute atomic E-state index is 13.3. The molecule has 3 heterocycles. The number of anilines is 1. The van der Waals surface area contributed by atoms with Crippen molar-refractivity contribution in [1.82, 2.24) is 26.1 Å². The zero-order chi connectivity index (χ0) is 27.9. The lowest BCUT2D eigenvalue weighted by atomic mass is 9.96. The Bertz CT molecular complexity index is 924. The van der Waals surface area contributed by atoms with E-state index in [0.717, 1.165) is 12.3 Å². The summed E-state index contributed by atoms with van der Waals surface area (Å²) in [5.74, 6) is -3.21. The number of pyridine rings is 1. The Morgan fingerprint density at radius 1 is 1.16 bits per heavy atom. The fraction of sp³-hybridized carbons (Fsp3) is 0.682. The van der Waals surface area contributed by atoms with E-state index >= 15 is 0 Å². The van der Waals surface area contributed by atoms with Gasteiger partial charge in [0, 0.05) is 52.1 Å². The maximum Gasteiger partial charge on any atom is 0.417 e. The molecule has 2 saturated heterocycles. The smallest absolute Gasteiger partial charge is 0.383 e. The number of methoxy groups -OCH3 is 1. The van der Waals surface area contributed by atoms with Crippen LogP contribution in [0.15, 0.2) is 18.3 Å². The summed E-state index contributed by atoms with van der Waals surface area (Å²) in [6, 6.07) is 0.374. The SMILES string of the molecule is COC[C@@H](COCCC(=O)N1CCN(c2ccc(C(F)(F)F)cn2)CC1)NC1CNNC(=O)C1C(F)(F)F. The Hall–Kier alpha value is -2.69. The van der Waals surface area contributed by atoms with Crippen molar-refractivity contribution in [2.75, 3.05) is 64.6 Å². The van der Waals surface area contributed by atoms with Crippen LogP contribution in [0.5, 0.6) is 0 Å². The van der Waals surface area contributed by atoms with Gasteiger partial charge >= 0.3 is 12.4 Å². The number of piperazine rings is 1. The first-order valence-corrected chi connectivity index (χ1v) is 11.9. The van der Waals surface area contributed by atoms with Crippen molar-refractivity contribution in [3.05, 3.63) is 23.9 Å². The number of nitrogens with zero attached hydrogens (tertiary/aromatic N) is 3. The first-order valence-electron chi connectivity index (χ1n) is 11.9. The summed E-state index contributed by atoms with van der Waals surface area (Å²) in [5.41, 5.74) is 3.58. The van der Waals surface area contributed by atoms with E-state index in [1.165, 1.54) is 13.2 Å². The van der Waals surface area contributed by atoms with Crippen molar-refractivity contribution < 1.29 is 45.4 Å². The number of alkyl halides is 6. The number of ether oxygens (including phenoxy) is 2. The van der Waals surface area contributed by atoms with Crippen LogP contribution in [0.25, 0.3) is 0 Å². The van der Waals surface area contributed by atoms with Crippen molar-refractivity contribution in [2.24, 2.45) is 5.92 Å². The van der Waals surface area contributed by atoms with Gasteiger partial charge in [-0.25, -0.2) is 10.4 Å². The summed E-state index contributed by atoms with van der Waals surface area (Å²) in [7, 11) is 1.38. The third kappa shape index (κ3) is 8.15. The molecule has 3 atom stereocenters. The van der Waals surface area contributed by atoms with E-state index < -0.39 is 41.8 Å². The molecule has 38 heavy (non-hydrogen) atoms. The lowest BCUT2D eigenvalue weighted by Gasteiger charge is -2.36. The Kier molecular flexibility index (Phi) is 10.1. The van der Waals surface area contributed by atoms with E-state index in [0.29, 0.717) is 32.0 Å². The van der Waals surface area contributed by atoms with Crippen LogP contribution in [0.1, 0.15) is 12.0 Å². The molecule has 1 aromatic heterocycles. The predicted octanol–water partition coefficient (Wildman–Crippen LogP) is 0.942. The number of halogens is 6. The van der Waals surface area contributed by atoms with E-state index in [2.05, 4.69) is 15.7 Å². The van der Waals surface area contributed by atoms with Gasteiger partial charge in [-0.1, -0.05) is 0 Å². The summed E-state index contributed by atoms with van der Waals surface area (Å²) >= 11 is 0. The molecule has 0 bridgehead atoms. The number of nitrogens with one attached hydrogen (secondary N) is 3. The van der Waals surface area contributed by atoms with Gasteiger partial charge in [-0.15, -0.1) is 0 Å². The zero-order valence-electron chi connectivity index (χ0n) is 20.6. The molecule has 2 aliphatic rings. The normalized spacial score (nSPS) is 21.8. The minimum atomic E-state index is -4.73. The van der Waals surface area contributed by atoms with Crippen LogP contribution in [0.4, 0.5) is 32.2 Å². The highest BCUT2D eigenvalue weighted by atomic mass is 19.4. The lowest BCUT2D eigenvalue weighted by molar-refractivity contribution is -0.193. The molecule has 0 aromatic carbocycles. The minimum Gasteiger partial charge on any atom is -0.383 e. The molecule has 2 fully saturated rings. The summed E-state index contributed by atoms with van der Waals surface area (Å²) in [5, 5.41) is 2.76. The molecule has 10 nitrogen and oxygen atoms in total. The van der Waals surface area contributed by atoms with Crippen molar-refractivity contribution in [3.8, 4) is 0 Å². The van der Waals surface area contributed by atoms with Gasteiger partial charge in [-0.05, 0) is 12.1 Å². The molecular weight excluding hydrogens is 526 g/mol. The molecule has 2 aliphatic heterocycles. The molecule has 214 valence electrons. The van der Waals surface area contributed by atoms with Crippen molar-refractivity contribution in [1.29, 1.82) is 0 Å². The largest absolute Gasteiger partial charge is 0.417 e. The van der Waals surface area contributed by atoms with Gasteiger partial charge in [0.1, 0.15) is 5.82 Å². The fourth-order valence-corrected chi connectivity index (χ4v) is 4.28. The quantitative estimate of drug-likeness (QED) is 0.289. The zero-order valence-corrected chi connectivity index (χ0v) is 20.6. The Labute approximate surface area is 215 Å². The molecule has 1 aromatic rings. The molecular formula is C22H30F6N6O4. The molecule has 2 unspecified atom stereocenters. The van der Waals surface area contributed by atoms with E-state index in [1.54, 1.807) is 9.80 Å². The second-order valence-electron chi connectivity index (χ2n) is 8.91. The molecule has 0 saturated carbocycles. The van der Waals surface area contributed by atoms with Gasteiger partial charge in [-0.2, -0.15) is 26.3 Å². The summed E-state index contributed by atoms with van der Waals surface area (Å²) in [4.78, 5) is 31.5. The van der Waals surface area contributed by atoms with Gasteiger partial charge in [0.25, 0.3) is 0 Å². The standard InChI is InChI=1S/C22H30F6N6O4/c1-37-12-15(31-16-11-30-32-20(36)19(16)22(26,27)28)13-38-9-4-18(35)34-7-5-33(6-8-34)17-3-2-14(10-29-17)21(23,24)25/h2-3,10,15-16,19,30-31H,4-9,11-13H2,1H3,(H,32,36)/t15-,16?,19?/m0/s1. The Morgan fingerprint density at radius 2 is 1.87 bits per heavy atom. The third-order valence-corrected chi connectivity index (χ3v) is 6.20. The summed E-state index contributed by atoms with van der Waals surface area (Å²) < 4.78 is 88.8. The van der Waals surface area contributed by atoms with Gasteiger partial charge in [-0.3, -0.25) is 15.0 Å². The summed E-state index contributed by atoms with van der Waals surface area (Å²) in [6.07, 6.45) is -8.38. The lowest BCUT2D eigenvalue weighted by Crippen LogP contribution is -2.65. The first-order chi connectivity index (χ1) is 17.9. The number of rotatable bonds is 10. The maximum atomic E-state index is 13.3. The fourth-order valence-electron chi connectivity index (χ4n) is 4.28. The first kappa shape index (κ1) is 29.9. The number of aromatic nitrogens is 1. The third-order valence-electron chi connectivity index (χ3n) is 6.20. The van der Waals surface area contributed by atoms with Crippen molar-refractivity contribution in [3.63, 3.8) is 0 Å². The van der Waals surface area contributed by atoms with Crippen LogP contribution in [-0.2, 0) is 25.2 Å². The number of hydrogen-bond donors (Lipinski definition) is 3. The number of carbonyl (C=O) groups is 2. The number of hydrazine groups is 1. The van der Waals surface area contributed by atoms with E-state index in [-0.39, 0.29) is 38.7 Å². The van der Waals surface area contributed by atoms with Crippen molar-refractivity contribution in [2.45, 2.75) is 30.9 Å². The highest BCUT2D eigenvalue weighted by Gasteiger charge is 2.51. The minimum absolute atomic E-state index is 0.0213. The van der Waals surface area contributed by atoms with Crippen LogP contribution in [0, 0.1) is 5.92 Å². The van der Waals surface area contributed by atoms with E-state index in [9.17, 15) is 35.9 Å². The monoisotopic (exact) mass is 556 g/mol.